The highest BCUT2D eigenvalue weighted by Crippen LogP contribution is 2.28. The Labute approximate surface area is 91.8 Å². The Balaban J connectivity index is 2.45. The van der Waals surface area contributed by atoms with Gasteiger partial charge in [-0.25, -0.2) is 4.39 Å². The summed E-state index contributed by atoms with van der Waals surface area (Å²) in [5, 5.41) is 11.0. The Morgan fingerprint density at radius 3 is 2.73 bits per heavy atom. The van der Waals surface area contributed by atoms with E-state index in [1.807, 2.05) is 6.92 Å². The molecular weight excluding hydrogens is 211 g/mol. The van der Waals surface area contributed by atoms with Gasteiger partial charge in [0.15, 0.2) is 0 Å². The van der Waals surface area contributed by atoms with Crippen molar-refractivity contribution in [1.29, 1.82) is 0 Å². The average molecular weight is 222 g/mol. The second-order valence-corrected chi connectivity index (χ2v) is 4.36. The summed E-state index contributed by atoms with van der Waals surface area (Å²) in [5.74, 6) is -0.352. The van der Waals surface area contributed by atoms with Gasteiger partial charge < -0.3 is 5.11 Å². The SMILES string of the molecule is Cc1csc(-c2ccc(F)c(CO)c2)c1. The van der Waals surface area contributed by atoms with Crippen molar-refractivity contribution in [2.24, 2.45) is 0 Å². The van der Waals surface area contributed by atoms with E-state index >= 15 is 0 Å². The molecule has 78 valence electrons. The quantitative estimate of drug-likeness (QED) is 0.826. The third-order valence-corrected chi connectivity index (χ3v) is 3.33. The summed E-state index contributed by atoms with van der Waals surface area (Å²) in [5.41, 5.74) is 2.50. The maximum absolute atomic E-state index is 13.1. The molecule has 0 saturated carbocycles. The van der Waals surface area contributed by atoms with Crippen LogP contribution in [0.4, 0.5) is 4.39 Å². The zero-order valence-electron chi connectivity index (χ0n) is 8.33. The predicted octanol–water partition coefficient (Wildman–Crippen LogP) is 3.35. The normalized spacial score (nSPS) is 10.6. The van der Waals surface area contributed by atoms with Crippen LogP contribution in [0, 0.1) is 12.7 Å². The van der Waals surface area contributed by atoms with Crippen molar-refractivity contribution >= 4 is 11.3 Å². The van der Waals surface area contributed by atoms with Crippen molar-refractivity contribution in [3.05, 3.63) is 46.6 Å². The van der Waals surface area contributed by atoms with Crippen molar-refractivity contribution < 1.29 is 9.50 Å². The summed E-state index contributed by atoms with van der Waals surface area (Å²) in [7, 11) is 0. The second kappa shape index (κ2) is 4.13. The van der Waals surface area contributed by atoms with Gasteiger partial charge in [-0.05, 0) is 41.6 Å². The lowest BCUT2D eigenvalue weighted by molar-refractivity contribution is 0.276. The molecule has 0 bridgehead atoms. The Morgan fingerprint density at radius 1 is 1.33 bits per heavy atom. The van der Waals surface area contributed by atoms with Crippen molar-refractivity contribution in [2.75, 3.05) is 0 Å². The van der Waals surface area contributed by atoms with Gasteiger partial charge in [0.05, 0.1) is 6.61 Å². The predicted molar refractivity (Wildman–Crippen MR) is 60.4 cm³/mol. The number of aliphatic hydroxyl groups is 1. The van der Waals surface area contributed by atoms with E-state index in [1.165, 1.54) is 11.6 Å². The first kappa shape index (κ1) is 10.3. The molecule has 1 heterocycles. The van der Waals surface area contributed by atoms with Crippen LogP contribution in [0.15, 0.2) is 29.6 Å². The standard InChI is InChI=1S/C12H11FOS/c1-8-4-12(15-7-8)9-2-3-11(13)10(5-9)6-14/h2-5,7,14H,6H2,1H3. The van der Waals surface area contributed by atoms with Gasteiger partial charge in [-0.3, -0.25) is 0 Å². The highest BCUT2D eigenvalue weighted by molar-refractivity contribution is 7.13. The molecule has 1 aromatic heterocycles. The van der Waals surface area contributed by atoms with E-state index in [4.69, 9.17) is 5.11 Å². The highest BCUT2D eigenvalue weighted by Gasteiger charge is 2.05. The lowest BCUT2D eigenvalue weighted by Gasteiger charge is -2.02. The van der Waals surface area contributed by atoms with Gasteiger partial charge in [-0.15, -0.1) is 11.3 Å². The number of aryl methyl sites for hydroxylation is 1. The molecule has 0 aliphatic carbocycles. The van der Waals surface area contributed by atoms with Crippen molar-refractivity contribution in [2.45, 2.75) is 13.5 Å². The summed E-state index contributed by atoms with van der Waals surface area (Å²) < 4.78 is 13.1. The lowest BCUT2D eigenvalue weighted by Crippen LogP contribution is -1.89. The number of halogens is 1. The number of rotatable bonds is 2. The minimum absolute atomic E-state index is 0.260. The molecule has 1 aromatic carbocycles. The third kappa shape index (κ3) is 2.08. The molecule has 0 saturated heterocycles. The van der Waals surface area contributed by atoms with Gasteiger partial charge >= 0.3 is 0 Å². The van der Waals surface area contributed by atoms with E-state index in [0.29, 0.717) is 5.56 Å². The lowest BCUT2D eigenvalue weighted by atomic mass is 10.1. The van der Waals surface area contributed by atoms with Crippen molar-refractivity contribution in [1.82, 2.24) is 0 Å². The molecule has 0 radical (unpaired) electrons. The molecule has 0 atom stereocenters. The molecule has 0 amide bonds. The van der Waals surface area contributed by atoms with E-state index in [-0.39, 0.29) is 12.4 Å². The molecule has 0 spiro atoms. The summed E-state index contributed by atoms with van der Waals surface area (Å²) in [4.78, 5) is 1.10. The molecular formula is C12H11FOS. The number of aliphatic hydroxyl groups excluding tert-OH is 1. The largest absolute Gasteiger partial charge is 0.392 e. The zero-order chi connectivity index (χ0) is 10.8. The Hall–Kier alpha value is -1.19. The fraction of sp³-hybridized carbons (Fsp3) is 0.167. The first-order chi connectivity index (χ1) is 7.20. The summed E-state index contributed by atoms with van der Waals surface area (Å²) in [6, 6.07) is 6.88. The molecule has 1 N–H and O–H groups in total. The third-order valence-electron chi connectivity index (χ3n) is 2.23. The molecule has 2 aromatic rings. The van der Waals surface area contributed by atoms with Crippen LogP contribution in [0.2, 0.25) is 0 Å². The van der Waals surface area contributed by atoms with E-state index in [9.17, 15) is 4.39 Å². The minimum Gasteiger partial charge on any atom is -0.392 e. The van der Waals surface area contributed by atoms with Crippen LogP contribution in [-0.2, 0) is 6.61 Å². The van der Waals surface area contributed by atoms with E-state index < -0.39 is 0 Å². The van der Waals surface area contributed by atoms with Crippen LogP contribution >= 0.6 is 11.3 Å². The van der Waals surface area contributed by atoms with E-state index in [1.54, 1.807) is 23.5 Å². The van der Waals surface area contributed by atoms with Crippen LogP contribution in [-0.4, -0.2) is 5.11 Å². The fourth-order valence-electron chi connectivity index (χ4n) is 1.43. The van der Waals surface area contributed by atoms with Gasteiger partial charge in [0.25, 0.3) is 0 Å². The topological polar surface area (TPSA) is 20.2 Å². The number of thiophene rings is 1. The smallest absolute Gasteiger partial charge is 0.128 e. The Kier molecular flexibility index (Phi) is 2.84. The number of hydrogen-bond donors (Lipinski definition) is 1. The van der Waals surface area contributed by atoms with Gasteiger partial charge in [0.1, 0.15) is 5.82 Å². The van der Waals surface area contributed by atoms with Gasteiger partial charge in [-0.2, -0.15) is 0 Å². The van der Waals surface area contributed by atoms with Crippen LogP contribution in [0.1, 0.15) is 11.1 Å². The highest BCUT2D eigenvalue weighted by atomic mass is 32.1. The zero-order valence-corrected chi connectivity index (χ0v) is 9.14. The Bertz CT molecular complexity index is 476. The van der Waals surface area contributed by atoms with Crippen molar-refractivity contribution in [3.8, 4) is 10.4 Å². The fourth-order valence-corrected chi connectivity index (χ4v) is 2.33. The molecule has 0 fully saturated rings. The average Bonchev–Trinajstić information content (AvgIpc) is 2.66. The van der Waals surface area contributed by atoms with E-state index in [0.717, 1.165) is 10.4 Å². The summed E-state index contributed by atoms with van der Waals surface area (Å²) in [6.45, 7) is 1.76. The molecule has 3 heteroatoms. The van der Waals surface area contributed by atoms with Gasteiger partial charge in [0, 0.05) is 10.4 Å². The summed E-state index contributed by atoms with van der Waals surface area (Å²) in [6.07, 6.45) is 0. The van der Waals surface area contributed by atoms with Crippen LogP contribution in [0.5, 0.6) is 0 Å². The first-order valence-corrected chi connectivity index (χ1v) is 5.53. The van der Waals surface area contributed by atoms with Crippen LogP contribution in [0.3, 0.4) is 0 Å². The maximum Gasteiger partial charge on any atom is 0.128 e. The minimum atomic E-state index is -0.352. The monoisotopic (exact) mass is 222 g/mol. The number of benzene rings is 1. The van der Waals surface area contributed by atoms with Crippen LogP contribution < -0.4 is 0 Å². The van der Waals surface area contributed by atoms with Gasteiger partial charge in [-0.1, -0.05) is 6.07 Å². The Morgan fingerprint density at radius 2 is 2.13 bits per heavy atom. The van der Waals surface area contributed by atoms with Crippen molar-refractivity contribution in [3.63, 3.8) is 0 Å². The molecule has 2 rings (SSSR count). The first-order valence-electron chi connectivity index (χ1n) is 4.65. The molecule has 0 aliphatic heterocycles. The number of hydrogen-bond acceptors (Lipinski definition) is 2. The van der Waals surface area contributed by atoms with E-state index in [2.05, 4.69) is 11.4 Å². The molecule has 15 heavy (non-hydrogen) atoms. The summed E-state index contributed by atoms with van der Waals surface area (Å²) >= 11 is 1.62. The molecule has 1 nitrogen and oxygen atoms in total. The maximum atomic E-state index is 13.1. The van der Waals surface area contributed by atoms with Gasteiger partial charge in [0.2, 0.25) is 0 Å². The van der Waals surface area contributed by atoms with Crippen LogP contribution in [0.25, 0.3) is 10.4 Å². The second-order valence-electron chi connectivity index (χ2n) is 3.45. The molecule has 0 aliphatic rings. The molecule has 0 unspecified atom stereocenters.